The third-order valence-corrected chi connectivity index (χ3v) is 3.33. The van der Waals surface area contributed by atoms with Crippen LogP contribution in [0.15, 0.2) is 6.07 Å². The molecule has 1 fully saturated rings. The van der Waals surface area contributed by atoms with Crippen molar-refractivity contribution in [2.45, 2.75) is 39.2 Å². The highest BCUT2D eigenvalue weighted by Gasteiger charge is 2.33. The third-order valence-electron chi connectivity index (χ3n) is 3.14. The summed E-state index contributed by atoms with van der Waals surface area (Å²) >= 11 is 6.01. The average molecular weight is 297 g/mol. The van der Waals surface area contributed by atoms with Crippen LogP contribution in [-0.2, 0) is 16.0 Å². The van der Waals surface area contributed by atoms with E-state index in [0.717, 1.165) is 6.42 Å². The predicted molar refractivity (Wildman–Crippen MR) is 75.6 cm³/mol. The number of aromatic nitrogens is 2. The van der Waals surface area contributed by atoms with Gasteiger partial charge in [0.25, 0.3) is 0 Å². The van der Waals surface area contributed by atoms with Crippen LogP contribution in [0.4, 0.5) is 5.82 Å². The van der Waals surface area contributed by atoms with Gasteiger partial charge in [-0.2, -0.15) is 0 Å². The lowest BCUT2D eigenvalue weighted by molar-refractivity contribution is -0.132. The van der Waals surface area contributed by atoms with E-state index in [0.29, 0.717) is 29.6 Å². The smallest absolute Gasteiger partial charge is 0.249 e. The molecule has 1 N–H and O–H groups in total. The van der Waals surface area contributed by atoms with Crippen LogP contribution >= 0.6 is 11.6 Å². The quantitative estimate of drug-likeness (QED) is 0.670. The average Bonchev–Trinajstić information content (AvgIpc) is 2.37. The molecular formula is C13H17ClN4O2. The van der Waals surface area contributed by atoms with Crippen LogP contribution in [0.1, 0.15) is 32.5 Å². The Hall–Kier alpha value is -1.69. The summed E-state index contributed by atoms with van der Waals surface area (Å²) in [6.07, 6.45) is 2.19. The van der Waals surface area contributed by atoms with E-state index in [-0.39, 0.29) is 18.4 Å². The van der Waals surface area contributed by atoms with Crippen molar-refractivity contribution in [3.05, 3.63) is 17.0 Å². The molecule has 2 rings (SSSR count). The van der Waals surface area contributed by atoms with Gasteiger partial charge >= 0.3 is 0 Å². The molecule has 20 heavy (non-hydrogen) atoms. The molecule has 7 heteroatoms. The number of amides is 2. The summed E-state index contributed by atoms with van der Waals surface area (Å²) in [6, 6.07) is 1.18. The van der Waals surface area contributed by atoms with Gasteiger partial charge in [0.15, 0.2) is 0 Å². The molecule has 0 aliphatic carbocycles. The molecule has 0 radical (unpaired) electrons. The van der Waals surface area contributed by atoms with E-state index in [1.807, 2.05) is 13.8 Å². The standard InChI is InChI=1S/C13H17ClN4O2/c1-3-5-10-15-9(14)6-11(16-10)18-7-12(19)17-13(20)8(18)4-2/h6,8H,3-5,7H2,1-2H3,(H,17,19,20). The molecule has 1 aliphatic heterocycles. The number of carbonyl (C=O) groups excluding carboxylic acids is 2. The lowest BCUT2D eigenvalue weighted by Crippen LogP contribution is -2.58. The topological polar surface area (TPSA) is 75.2 Å². The molecule has 0 bridgehead atoms. The third kappa shape index (κ3) is 3.07. The molecule has 1 aromatic rings. The van der Waals surface area contributed by atoms with Crippen molar-refractivity contribution in [2.24, 2.45) is 0 Å². The Kier molecular flexibility index (Phi) is 4.54. The van der Waals surface area contributed by atoms with Crippen molar-refractivity contribution in [3.8, 4) is 0 Å². The Morgan fingerprint density at radius 2 is 2.15 bits per heavy atom. The van der Waals surface area contributed by atoms with Gasteiger partial charge in [-0.3, -0.25) is 14.9 Å². The Labute approximate surface area is 122 Å². The molecule has 0 aromatic carbocycles. The zero-order valence-electron chi connectivity index (χ0n) is 11.5. The van der Waals surface area contributed by atoms with E-state index >= 15 is 0 Å². The lowest BCUT2D eigenvalue weighted by Gasteiger charge is -2.34. The van der Waals surface area contributed by atoms with E-state index in [9.17, 15) is 9.59 Å². The molecule has 6 nitrogen and oxygen atoms in total. The van der Waals surface area contributed by atoms with Crippen LogP contribution in [-0.4, -0.2) is 34.4 Å². The van der Waals surface area contributed by atoms with Crippen molar-refractivity contribution < 1.29 is 9.59 Å². The highest BCUT2D eigenvalue weighted by Crippen LogP contribution is 2.22. The highest BCUT2D eigenvalue weighted by molar-refractivity contribution is 6.29. The second kappa shape index (κ2) is 6.17. The van der Waals surface area contributed by atoms with Crippen molar-refractivity contribution >= 4 is 29.2 Å². The van der Waals surface area contributed by atoms with E-state index < -0.39 is 6.04 Å². The van der Waals surface area contributed by atoms with Gasteiger partial charge in [-0.1, -0.05) is 25.4 Å². The summed E-state index contributed by atoms with van der Waals surface area (Å²) in [7, 11) is 0. The van der Waals surface area contributed by atoms with Crippen LogP contribution in [0.5, 0.6) is 0 Å². The molecular weight excluding hydrogens is 280 g/mol. The summed E-state index contributed by atoms with van der Waals surface area (Å²) in [5.41, 5.74) is 0. The number of carbonyl (C=O) groups is 2. The number of hydrogen-bond donors (Lipinski definition) is 1. The fraction of sp³-hybridized carbons (Fsp3) is 0.538. The fourth-order valence-corrected chi connectivity index (χ4v) is 2.44. The van der Waals surface area contributed by atoms with Crippen molar-refractivity contribution in [1.82, 2.24) is 15.3 Å². The Morgan fingerprint density at radius 1 is 1.40 bits per heavy atom. The second-order valence-corrected chi connectivity index (χ2v) is 5.07. The molecule has 1 unspecified atom stereocenters. The van der Waals surface area contributed by atoms with Crippen molar-refractivity contribution in [2.75, 3.05) is 11.4 Å². The summed E-state index contributed by atoms with van der Waals surface area (Å²) in [5, 5.41) is 2.66. The maximum atomic E-state index is 11.9. The SMILES string of the molecule is CCCc1nc(Cl)cc(N2CC(=O)NC(=O)C2CC)n1. The molecule has 1 aromatic heterocycles. The first-order valence-corrected chi connectivity index (χ1v) is 7.06. The number of halogens is 1. The maximum Gasteiger partial charge on any atom is 0.249 e. The van der Waals surface area contributed by atoms with E-state index in [2.05, 4.69) is 15.3 Å². The maximum absolute atomic E-state index is 11.9. The summed E-state index contributed by atoms with van der Waals surface area (Å²) in [6.45, 7) is 4.02. The van der Waals surface area contributed by atoms with Crippen molar-refractivity contribution in [3.63, 3.8) is 0 Å². The number of piperazine rings is 1. The highest BCUT2D eigenvalue weighted by atomic mass is 35.5. The second-order valence-electron chi connectivity index (χ2n) is 4.68. The van der Waals surface area contributed by atoms with Crippen LogP contribution in [0.2, 0.25) is 5.15 Å². The molecule has 108 valence electrons. The van der Waals surface area contributed by atoms with E-state index in [1.165, 1.54) is 0 Å². The number of nitrogens with one attached hydrogen (secondary N) is 1. The molecule has 2 heterocycles. The normalized spacial score (nSPS) is 19.1. The van der Waals surface area contributed by atoms with Gasteiger partial charge in [0, 0.05) is 12.5 Å². The summed E-state index contributed by atoms with van der Waals surface area (Å²) < 4.78 is 0. The van der Waals surface area contributed by atoms with Crippen LogP contribution in [0, 0.1) is 0 Å². The monoisotopic (exact) mass is 296 g/mol. The summed E-state index contributed by atoms with van der Waals surface area (Å²) in [5.74, 6) is 0.536. The van der Waals surface area contributed by atoms with Gasteiger partial charge in [0.05, 0.1) is 6.54 Å². The van der Waals surface area contributed by atoms with Crippen LogP contribution < -0.4 is 10.2 Å². The Bertz CT molecular complexity index is 535. The lowest BCUT2D eigenvalue weighted by atomic mass is 10.1. The van der Waals surface area contributed by atoms with E-state index in [4.69, 9.17) is 11.6 Å². The Balaban J connectivity index is 2.36. The minimum atomic E-state index is -0.409. The van der Waals surface area contributed by atoms with Gasteiger partial charge < -0.3 is 4.90 Å². The number of nitrogens with zero attached hydrogens (tertiary/aromatic N) is 3. The zero-order chi connectivity index (χ0) is 14.7. The molecule has 2 amide bonds. The molecule has 0 saturated carbocycles. The number of anilines is 1. The van der Waals surface area contributed by atoms with Crippen molar-refractivity contribution in [1.29, 1.82) is 0 Å². The first-order chi connectivity index (χ1) is 9.55. The Morgan fingerprint density at radius 3 is 2.80 bits per heavy atom. The predicted octanol–water partition coefficient (Wildman–Crippen LogP) is 1.32. The largest absolute Gasteiger partial charge is 0.335 e. The minimum Gasteiger partial charge on any atom is -0.335 e. The van der Waals surface area contributed by atoms with Gasteiger partial charge in [-0.15, -0.1) is 0 Å². The van der Waals surface area contributed by atoms with Gasteiger partial charge in [0.2, 0.25) is 11.8 Å². The summed E-state index contributed by atoms with van der Waals surface area (Å²) in [4.78, 5) is 33.7. The number of imide groups is 1. The first kappa shape index (κ1) is 14.7. The molecule has 1 aliphatic rings. The first-order valence-electron chi connectivity index (χ1n) is 6.69. The number of hydrogen-bond acceptors (Lipinski definition) is 5. The molecule has 1 saturated heterocycles. The molecule has 1 atom stereocenters. The van der Waals surface area contributed by atoms with Crippen LogP contribution in [0.3, 0.4) is 0 Å². The van der Waals surface area contributed by atoms with Gasteiger partial charge in [-0.05, 0) is 12.8 Å². The van der Waals surface area contributed by atoms with Gasteiger partial charge in [-0.25, -0.2) is 9.97 Å². The number of rotatable bonds is 4. The molecule has 0 spiro atoms. The fourth-order valence-electron chi connectivity index (χ4n) is 2.25. The minimum absolute atomic E-state index is 0.100. The number of aryl methyl sites for hydroxylation is 1. The van der Waals surface area contributed by atoms with Gasteiger partial charge in [0.1, 0.15) is 22.8 Å². The van der Waals surface area contributed by atoms with Crippen LogP contribution in [0.25, 0.3) is 0 Å². The zero-order valence-corrected chi connectivity index (χ0v) is 12.3. The van der Waals surface area contributed by atoms with E-state index in [1.54, 1.807) is 11.0 Å².